The molecule has 1 saturated heterocycles. The zero-order valence-electron chi connectivity index (χ0n) is 16.8. The van der Waals surface area contributed by atoms with E-state index in [0.717, 1.165) is 50.3 Å². The van der Waals surface area contributed by atoms with Crippen molar-refractivity contribution in [2.45, 2.75) is 25.2 Å². The Morgan fingerprint density at radius 3 is 2.16 bits per heavy atom. The van der Waals surface area contributed by atoms with E-state index in [2.05, 4.69) is 79.7 Å². The summed E-state index contributed by atoms with van der Waals surface area (Å²) in [5, 5.41) is 0. The lowest BCUT2D eigenvalue weighted by molar-refractivity contribution is 0.0490. The zero-order valence-corrected chi connectivity index (χ0v) is 19.9. The van der Waals surface area contributed by atoms with Crippen molar-refractivity contribution in [3.8, 4) is 11.5 Å². The maximum Gasteiger partial charge on any atom is 0.188 e. The van der Waals surface area contributed by atoms with Crippen molar-refractivity contribution in [3.05, 3.63) is 87.8 Å². The van der Waals surface area contributed by atoms with E-state index in [1.165, 1.54) is 5.56 Å². The summed E-state index contributed by atoms with van der Waals surface area (Å²) in [5.74, 6) is 1.64. The third kappa shape index (κ3) is 4.44. The predicted octanol–water partition coefficient (Wildman–Crippen LogP) is 7.65. The summed E-state index contributed by atoms with van der Waals surface area (Å²) in [7, 11) is 0. The van der Waals surface area contributed by atoms with E-state index in [1.54, 1.807) is 6.08 Å². The molecule has 158 valence electrons. The Bertz CT molecular complexity index is 1060. The van der Waals surface area contributed by atoms with Crippen molar-refractivity contribution < 1.29 is 14.2 Å². The van der Waals surface area contributed by atoms with Crippen LogP contribution in [-0.2, 0) is 15.9 Å². The fourth-order valence-electron chi connectivity index (χ4n) is 3.73. The number of halogens is 2. The van der Waals surface area contributed by atoms with Crippen LogP contribution in [0.5, 0.6) is 11.5 Å². The van der Waals surface area contributed by atoms with Crippen molar-refractivity contribution in [2.24, 2.45) is 0 Å². The Hall–Kier alpha value is -2.12. The number of hydrogen-bond donors (Lipinski definition) is 0. The van der Waals surface area contributed by atoms with Crippen LogP contribution in [0.2, 0.25) is 0 Å². The fourth-order valence-corrected chi connectivity index (χ4v) is 4.41. The largest absolute Gasteiger partial charge is 0.453 e. The van der Waals surface area contributed by atoms with Gasteiger partial charge in [-0.25, -0.2) is 0 Å². The summed E-state index contributed by atoms with van der Waals surface area (Å²) in [4.78, 5) is 2.24. The molecule has 4 nitrogen and oxygen atoms in total. The van der Waals surface area contributed by atoms with Crippen LogP contribution in [-0.4, -0.2) is 19.0 Å². The van der Waals surface area contributed by atoms with Crippen molar-refractivity contribution in [2.75, 3.05) is 11.5 Å². The molecule has 5 rings (SSSR count). The van der Waals surface area contributed by atoms with E-state index in [9.17, 15) is 0 Å². The van der Waals surface area contributed by atoms with Crippen molar-refractivity contribution >= 4 is 48.9 Å². The second-order valence-electron chi connectivity index (χ2n) is 7.51. The Balaban J connectivity index is 1.34. The highest BCUT2D eigenvalue weighted by Gasteiger charge is 2.36. The van der Waals surface area contributed by atoms with Gasteiger partial charge in [0.2, 0.25) is 0 Å². The second-order valence-corrected chi connectivity index (χ2v) is 9.34. The number of anilines is 3. The molecule has 0 aromatic heterocycles. The first kappa shape index (κ1) is 20.8. The first-order valence-electron chi connectivity index (χ1n) is 10.2. The van der Waals surface area contributed by atoms with Gasteiger partial charge in [-0.3, -0.25) is 0 Å². The van der Waals surface area contributed by atoms with E-state index in [0.29, 0.717) is 6.61 Å². The predicted molar refractivity (Wildman–Crippen MR) is 130 cm³/mol. The summed E-state index contributed by atoms with van der Waals surface area (Å²) in [6, 6.07) is 20.9. The smallest absolute Gasteiger partial charge is 0.188 e. The lowest BCUT2D eigenvalue weighted by Gasteiger charge is -2.33. The molecular weight excluding hydrogens is 522 g/mol. The minimum Gasteiger partial charge on any atom is -0.453 e. The molecule has 2 unspecified atom stereocenters. The lowest BCUT2D eigenvalue weighted by atomic mass is 10.1. The normalized spacial score (nSPS) is 18.7. The number of epoxide rings is 1. The minimum absolute atomic E-state index is 0.0693. The monoisotopic (exact) mass is 541 g/mol. The van der Waals surface area contributed by atoms with Crippen LogP contribution in [0.1, 0.15) is 12.0 Å². The van der Waals surface area contributed by atoms with E-state index >= 15 is 0 Å². The quantitative estimate of drug-likeness (QED) is 0.136. The van der Waals surface area contributed by atoms with Gasteiger partial charge in [-0.05, 0) is 66.9 Å². The molecular formula is C25H21Br2NO3. The van der Waals surface area contributed by atoms with Crippen LogP contribution < -0.4 is 9.64 Å². The molecule has 2 atom stereocenters. The molecule has 0 radical (unpaired) electrons. The topological polar surface area (TPSA) is 34.2 Å². The number of rotatable bonds is 7. The van der Waals surface area contributed by atoms with Crippen molar-refractivity contribution in [1.29, 1.82) is 0 Å². The second kappa shape index (κ2) is 8.79. The Labute approximate surface area is 198 Å². The summed E-state index contributed by atoms with van der Waals surface area (Å²) in [6.07, 6.45) is 3.67. The van der Waals surface area contributed by atoms with Crippen LogP contribution in [0.4, 0.5) is 17.1 Å². The van der Waals surface area contributed by atoms with Gasteiger partial charge in [0.25, 0.3) is 0 Å². The van der Waals surface area contributed by atoms with Crippen LogP contribution in [0.15, 0.2) is 82.3 Å². The average molecular weight is 543 g/mol. The maximum absolute atomic E-state index is 6.19. The molecule has 2 heterocycles. The summed E-state index contributed by atoms with van der Waals surface area (Å²) in [6.45, 7) is 4.40. The third-order valence-electron chi connectivity index (χ3n) is 5.35. The summed E-state index contributed by atoms with van der Waals surface area (Å²) < 4.78 is 19.1. The molecule has 0 N–H and O–H groups in total. The van der Waals surface area contributed by atoms with Gasteiger partial charge in [0.1, 0.15) is 6.10 Å². The Kier molecular flexibility index (Phi) is 5.89. The van der Waals surface area contributed by atoms with Crippen molar-refractivity contribution in [3.63, 3.8) is 0 Å². The molecule has 0 bridgehead atoms. The van der Waals surface area contributed by atoms with Gasteiger partial charge >= 0.3 is 0 Å². The SMILES string of the molecule is C=CC1OC1OCCCc1ccc(N2c3ccc(Br)cc3Oc3cc(Br)ccc32)cc1. The number of fused-ring (bicyclic) bond motifs is 2. The molecule has 0 amide bonds. The Morgan fingerprint density at radius 2 is 1.58 bits per heavy atom. The van der Waals surface area contributed by atoms with Gasteiger partial charge in [0.05, 0.1) is 18.0 Å². The maximum atomic E-state index is 6.19. The molecule has 0 aliphatic carbocycles. The summed E-state index contributed by atoms with van der Waals surface area (Å²) >= 11 is 7.10. The number of aryl methyl sites for hydroxylation is 1. The molecule has 3 aromatic carbocycles. The van der Waals surface area contributed by atoms with E-state index in [-0.39, 0.29) is 12.4 Å². The van der Waals surface area contributed by atoms with Crippen LogP contribution in [0.25, 0.3) is 0 Å². The molecule has 6 heteroatoms. The van der Waals surface area contributed by atoms with Gasteiger partial charge in [0, 0.05) is 14.6 Å². The van der Waals surface area contributed by atoms with Crippen molar-refractivity contribution in [1.82, 2.24) is 0 Å². The molecule has 0 spiro atoms. The fraction of sp³-hybridized carbons (Fsp3) is 0.200. The zero-order chi connectivity index (χ0) is 21.4. The number of benzene rings is 3. The van der Waals surface area contributed by atoms with E-state index < -0.39 is 0 Å². The third-order valence-corrected chi connectivity index (χ3v) is 6.33. The minimum atomic E-state index is -0.0959. The molecule has 2 aliphatic heterocycles. The number of ether oxygens (including phenoxy) is 3. The van der Waals surface area contributed by atoms with Gasteiger partial charge in [-0.1, -0.05) is 50.1 Å². The Morgan fingerprint density at radius 1 is 0.935 bits per heavy atom. The number of hydrogen-bond acceptors (Lipinski definition) is 4. The van der Waals surface area contributed by atoms with Crippen LogP contribution >= 0.6 is 31.9 Å². The number of nitrogens with zero attached hydrogens (tertiary/aromatic N) is 1. The summed E-state index contributed by atoms with van der Waals surface area (Å²) in [5.41, 5.74) is 4.40. The lowest BCUT2D eigenvalue weighted by Crippen LogP contribution is -2.15. The molecule has 3 aromatic rings. The van der Waals surface area contributed by atoms with E-state index in [4.69, 9.17) is 14.2 Å². The standard InChI is InChI=1S/C25H21Br2NO3/c1-2-22-25(31-22)29-13-3-4-16-5-9-19(10-6-16)28-20-11-7-17(26)14-23(20)30-24-15-18(27)8-12-21(24)28/h2,5-12,14-15,22,25H,1,3-4,13H2. The first-order valence-corrected chi connectivity index (χ1v) is 11.8. The van der Waals surface area contributed by atoms with Gasteiger partial charge < -0.3 is 19.1 Å². The van der Waals surface area contributed by atoms with Crippen LogP contribution in [0.3, 0.4) is 0 Å². The van der Waals surface area contributed by atoms with Gasteiger partial charge in [0.15, 0.2) is 17.8 Å². The highest BCUT2D eigenvalue weighted by Crippen LogP contribution is 2.51. The highest BCUT2D eigenvalue weighted by molar-refractivity contribution is 9.10. The molecule has 0 saturated carbocycles. The van der Waals surface area contributed by atoms with Gasteiger partial charge in [-0.15, -0.1) is 6.58 Å². The van der Waals surface area contributed by atoms with Gasteiger partial charge in [-0.2, -0.15) is 0 Å². The molecule has 31 heavy (non-hydrogen) atoms. The molecule has 2 aliphatic rings. The van der Waals surface area contributed by atoms with E-state index in [1.807, 2.05) is 24.3 Å². The molecule has 1 fully saturated rings. The highest BCUT2D eigenvalue weighted by atomic mass is 79.9. The van der Waals surface area contributed by atoms with Crippen LogP contribution in [0, 0.1) is 0 Å². The first-order chi connectivity index (χ1) is 15.1. The average Bonchev–Trinajstić information content (AvgIpc) is 3.54.